The van der Waals surface area contributed by atoms with E-state index in [9.17, 15) is 14.9 Å². The van der Waals surface area contributed by atoms with Crippen LogP contribution in [-0.2, 0) is 4.79 Å². The molecule has 5 heteroatoms. The predicted molar refractivity (Wildman–Crippen MR) is 95.8 cm³/mol. The molecule has 0 radical (unpaired) electrons. The van der Waals surface area contributed by atoms with Crippen LogP contribution in [0.15, 0.2) is 60.7 Å². The number of nitrogens with zero attached hydrogens (tertiary/aromatic N) is 2. The normalized spacial score (nSPS) is 10.7. The Morgan fingerprint density at radius 1 is 1.12 bits per heavy atom. The van der Waals surface area contributed by atoms with Crippen LogP contribution in [0.25, 0.3) is 6.08 Å². The number of carbonyl (C=O) groups is 1. The van der Waals surface area contributed by atoms with Gasteiger partial charge in [-0.05, 0) is 30.7 Å². The summed E-state index contributed by atoms with van der Waals surface area (Å²) in [6, 6.07) is 15.8. The summed E-state index contributed by atoms with van der Waals surface area (Å²) in [5.41, 5.74) is 1.23. The summed E-state index contributed by atoms with van der Waals surface area (Å²) in [4.78, 5) is 24.9. The molecule has 0 bridgehead atoms. The maximum atomic E-state index is 12.6. The number of anilines is 1. The van der Waals surface area contributed by atoms with Crippen molar-refractivity contribution in [3.05, 3.63) is 76.4 Å². The maximum absolute atomic E-state index is 12.6. The first-order chi connectivity index (χ1) is 11.6. The van der Waals surface area contributed by atoms with E-state index in [4.69, 9.17) is 0 Å². The number of hydrogen-bond acceptors (Lipinski definition) is 3. The Morgan fingerprint density at radius 3 is 2.46 bits per heavy atom. The highest BCUT2D eigenvalue weighted by atomic mass is 16.6. The first-order valence-electron chi connectivity index (χ1n) is 7.91. The van der Waals surface area contributed by atoms with E-state index >= 15 is 0 Å². The van der Waals surface area contributed by atoms with Crippen molar-refractivity contribution in [1.29, 1.82) is 0 Å². The van der Waals surface area contributed by atoms with Gasteiger partial charge in [0.1, 0.15) is 0 Å². The Morgan fingerprint density at radius 2 is 1.79 bits per heavy atom. The number of nitro benzene ring substituents is 1. The monoisotopic (exact) mass is 324 g/mol. The van der Waals surface area contributed by atoms with Gasteiger partial charge in [-0.15, -0.1) is 0 Å². The van der Waals surface area contributed by atoms with Gasteiger partial charge in [-0.3, -0.25) is 14.9 Å². The smallest absolute Gasteiger partial charge is 0.276 e. The van der Waals surface area contributed by atoms with Crippen LogP contribution in [0.2, 0.25) is 0 Å². The van der Waals surface area contributed by atoms with E-state index in [1.54, 1.807) is 23.1 Å². The van der Waals surface area contributed by atoms with Crippen LogP contribution in [0.5, 0.6) is 0 Å². The van der Waals surface area contributed by atoms with Crippen molar-refractivity contribution in [1.82, 2.24) is 0 Å². The predicted octanol–water partition coefficient (Wildman–Crippen LogP) is 4.44. The zero-order valence-electron chi connectivity index (χ0n) is 13.6. The topological polar surface area (TPSA) is 63.5 Å². The van der Waals surface area contributed by atoms with E-state index in [2.05, 4.69) is 6.92 Å². The molecule has 24 heavy (non-hydrogen) atoms. The SMILES string of the molecule is CCCCN(C(=O)C=Cc1ccccc1[N+](=O)[O-])c1ccccc1. The van der Waals surface area contributed by atoms with Crippen molar-refractivity contribution < 1.29 is 9.72 Å². The van der Waals surface area contributed by atoms with Crippen molar-refractivity contribution in [3.8, 4) is 0 Å². The highest BCUT2D eigenvalue weighted by Gasteiger charge is 2.14. The Bertz CT molecular complexity index is 726. The van der Waals surface area contributed by atoms with Gasteiger partial charge < -0.3 is 4.90 Å². The van der Waals surface area contributed by atoms with Gasteiger partial charge in [0.05, 0.1) is 10.5 Å². The molecule has 1 amide bonds. The summed E-state index contributed by atoms with van der Waals surface area (Å²) in [6.45, 7) is 2.68. The molecule has 0 heterocycles. The third-order valence-corrected chi connectivity index (χ3v) is 3.61. The molecule has 0 unspecified atom stereocenters. The molecule has 0 fully saturated rings. The Kier molecular flexibility index (Phi) is 6.25. The van der Waals surface area contributed by atoms with Crippen LogP contribution in [0.3, 0.4) is 0 Å². The fourth-order valence-electron chi connectivity index (χ4n) is 2.34. The number of nitro groups is 1. The molecule has 5 nitrogen and oxygen atoms in total. The zero-order chi connectivity index (χ0) is 17.4. The van der Waals surface area contributed by atoms with Crippen molar-refractivity contribution in [3.63, 3.8) is 0 Å². The minimum Gasteiger partial charge on any atom is -0.309 e. The summed E-state index contributed by atoms with van der Waals surface area (Å²) < 4.78 is 0. The van der Waals surface area contributed by atoms with Gasteiger partial charge in [-0.25, -0.2) is 0 Å². The van der Waals surface area contributed by atoms with E-state index in [1.165, 1.54) is 18.2 Å². The van der Waals surface area contributed by atoms with Crippen LogP contribution in [0, 0.1) is 10.1 Å². The lowest BCUT2D eigenvalue weighted by Crippen LogP contribution is -2.30. The van der Waals surface area contributed by atoms with Crippen molar-refractivity contribution in [2.24, 2.45) is 0 Å². The van der Waals surface area contributed by atoms with Crippen molar-refractivity contribution >= 4 is 23.4 Å². The van der Waals surface area contributed by atoms with Gasteiger partial charge in [0, 0.05) is 24.4 Å². The molecule has 0 N–H and O–H groups in total. The third kappa shape index (κ3) is 4.52. The Labute approximate surface area is 141 Å². The number of hydrogen-bond donors (Lipinski definition) is 0. The number of para-hydroxylation sites is 2. The van der Waals surface area contributed by atoms with Gasteiger partial charge >= 0.3 is 0 Å². The van der Waals surface area contributed by atoms with Gasteiger partial charge in [0.15, 0.2) is 0 Å². The van der Waals surface area contributed by atoms with E-state index in [0.29, 0.717) is 12.1 Å². The maximum Gasteiger partial charge on any atom is 0.276 e. The second-order valence-corrected chi connectivity index (χ2v) is 5.33. The van der Waals surface area contributed by atoms with Crippen LogP contribution >= 0.6 is 0 Å². The fraction of sp³-hybridized carbons (Fsp3) is 0.211. The first-order valence-corrected chi connectivity index (χ1v) is 7.91. The van der Waals surface area contributed by atoms with E-state index in [0.717, 1.165) is 18.5 Å². The quantitative estimate of drug-likeness (QED) is 0.429. The fourth-order valence-corrected chi connectivity index (χ4v) is 2.34. The molecule has 2 rings (SSSR count). The molecule has 0 saturated carbocycles. The molecule has 0 aliphatic heterocycles. The van der Waals surface area contributed by atoms with Gasteiger partial charge in [-0.2, -0.15) is 0 Å². The van der Waals surface area contributed by atoms with Crippen LogP contribution < -0.4 is 4.90 Å². The number of rotatable bonds is 7. The average Bonchev–Trinajstić information content (AvgIpc) is 2.61. The molecule has 2 aromatic carbocycles. The lowest BCUT2D eigenvalue weighted by Gasteiger charge is -2.21. The molecule has 0 aromatic heterocycles. The summed E-state index contributed by atoms with van der Waals surface area (Å²) in [7, 11) is 0. The van der Waals surface area contributed by atoms with Crippen molar-refractivity contribution in [2.75, 3.05) is 11.4 Å². The first kappa shape index (κ1) is 17.4. The number of carbonyl (C=O) groups excluding carboxylic acids is 1. The second-order valence-electron chi connectivity index (χ2n) is 5.33. The molecular formula is C19H20N2O3. The molecule has 0 atom stereocenters. The van der Waals surface area contributed by atoms with Gasteiger partial charge in [0.25, 0.3) is 11.6 Å². The van der Waals surface area contributed by atoms with Crippen LogP contribution in [-0.4, -0.2) is 17.4 Å². The number of unbranched alkanes of at least 4 members (excludes halogenated alkanes) is 1. The van der Waals surface area contributed by atoms with Gasteiger partial charge in [-0.1, -0.05) is 43.7 Å². The second kappa shape index (κ2) is 8.62. The molecular weight excluding hydrogens is 304 g/mol. The summed E-state index contributed by atoms with van der Waals surface area (Å²) in [5.74, 6) is -0.187. The van der Waals surface area contributed by atoms with Crippen molar-refractivity contribution in [2.45, 2.75) is 19.8 Å². The molecule has 0 saturated heterocycles. The van der Waals surface area contributed by atoms with E-state index in [1.807, 2.05) is 30.3 Å². The largest absolute Gasteiger partial charge is 0.309 e. The highest BCUT2D eigenvalue weighted by Crippen LogP contribution is 2.20. The highest BCUT2D eigenvalue weighted by molar-refractivity contribution is 6.04. The molecule has 2 aromatic rings. The van der Waals surface area contributed by atoms with E-state index in [-0.39, 0.29) is 11.6 Å². The van der Waals surface area contributed by atoms with Gasteiger partial charge in [0.2, 0.25) is 0 Å². The third-order valence-electron chi connectivity index (χ3n) is 3.61. The lowest BCUT2D eigenvalue weighted by atomic mass is 10.1. The minimum atomic E-state index is -0.448. The molecule has 0 spiro atoms. The van der Waals surface area contributed by atoms with E-state index < -0.39 is 4.92 Å². The van der Waals surface area contributed by atoms with Crippen LogP contribution in [0.1, 0.15) is 25.3 Å². The molecule has 0 aliphatic carbocycles. The standard InChI is InChI=1S/C19H20N2O3/c1-2-3-15-20(17-10-5-4-6-11-17)19(22)14-13-16-9-7-8-12-18(16)21(23)24/h4-14H,2-3,15H2,1H3. The Hall–Kier alpha value is -2.95. The molecule has 124 valence electrons. The number of benzene rings is 2. The molecule has 0 aliphatic rings. The minimum absolute atomic E-state index is 0.0126. The number of amides is 1. The van der Waals surface area contributed by atoms with Crippen LogP contribution in [0.4, 0.5) is 11.4 Å². The average molecular weight is 324 g/mol. The summed E-state index contributed by atoms with van der Waals surface area (Å²) in [5, 5.41) is 11.0. The zero-order valence-corrected chi connectivity index (χ0v) is 13.6. The summed E-state index contributed by atoms with van der Waals surface area (Å²) in [6.07, 6.45) is 4.76. The lowest BCUT2D eigenvalue weighted by molar-refractivity contribution is -0.385. The Balaban J connectivity index is 2.23. The summed E-state index contributed by atoms with van der Waals surface area (Å²) >= 11 is 0.